The molecule has 39 heavy (non-hydrogen) atoms. The number of hydrogen-bond acceptors (Lipinski definition) is 6. The highest BCUT2D eigenvalue weighted by Gasteiger charge is 2.81. The Morgan fingerprint density at radius 3 is 2.03 bits per heavy atom. The van der Waals surface area contributed by atoms with Gasteiger partial charge >= 0.3 is 0 Å². The SMILES string of the molecule is O=C1c2ccccc2CC12C(c1ccc(N3CCCCC3)cc1)C1CSCN1C21C(=O)c2ccccc2C1=O. The first kappa shape index (κ1) is 23.6. The van der Waals surface area contributed by atoms with E-state index in [2.05, 4.69) is 34.1 Å². The van der Waals surface area contributed by atoms with E-state index in [1.54, 1.807) is 23.9 Å². The molecule has 196 valence electrons. The Morgan fingerprint density at radius 1 is 0.718 bits per heavy atom. The summed E-state index contributed by atoms with van der Waals surface area (Å²) in [4.78, 5) is 48.7. The van der Waals surface area contributed by atoms with Crippen molar-refractivity contribution in [3.63, 3.8) is 0 Å². The lowest BCUT2D eigenvalue weighted by Gasteiger charge is -2.43. The largest absolute Gasteiger partial charge is 0.372 e. The van der Waals surface area contributed by atoms with E-state index in [-0.39, 0.29) is 29.3 Å². The van der Waals surface area contributed by atoms with Crippen molar-refractivity contribution < 1.29 is 14.4 Å². The molecule has 3 unspecified atom stereocenters. The van der Waals surface area contributed by atoms with Crippen LogP contribution < -0.4 is 4.90 Å². The number of anilines is 1. The average molecular weight is 535 g/mol. The first-order chi connectivity index (χ1) is 19.1. The monoisotopic (exact) mass is 534 g/mol. The van der Waals surface area contributed by atoms with Crippen LogP contribution >= 0.6 is 11.8 Å². The minimum atomic E-state index is -1.52. The number of carbonyl (C=O) groups excluding carboxylic acids is 3. The Balaban J connectivity index is 1.35. The predicted octanol–water partition coefficient (Wildman–Crippen LogP) is 5.39. The van der Waals surface area contributed by atoms with E-state index in [0.29, 0.717) is 29.0 Å². The molecule has 0 N–H and O–H groups in total. The molecule has 6 heteroatoms. The maximum atomic E-state index is 14.8. The molecule has 0 aromatic heterocycles. The summed E-state index contributed by atoms with van der Waals surface area (Å²) in [7, 11) is 0. The molecular formula is C33H30N2O3S. The lowest BCUT2D eigenvalue weighted by atomic mass is 9.58. The van der Waals surface area contributed by atoms with E-state index >= 15 is 0 Å². The highest BCUT2D eigenvalue weighted by molar-refractivity contribution is 7.99. The van der Waals surface area contributed by atoms with Gasteiger partial charge in [0.15, 0.2) is 22.9 Å². The molecule has 3 fully saturated rings. The summed E-state index contributed by atoms with van der Waals surface area (Å²) in [6.07, 6.45) is 4.11. The third-order valence-corrected chi connectivity index (χ3v) is 11.1. The van der Waals surface area contributed by atoms with Gasteiger partial charge in [0.05, 0.1) is 5.41 Å². The summed E-state index contributed by atoms with van der Waals surface area (Å²) in [5.41, 5.74) is 2.10. The number of hydrogen-bond donors (Lipinski definition) is 0. The molecule has 3 aromatic rings. The Bertz CT molecular complexity index is 1510. The Kier molecular flexibility index (Phi) is 5.09. The van der Waals surface area contributed by atoms with Crippen LogP contribution in [-0.4, -0.2) is 58.5 Å². The van der Waals surface area contributed by atoms with Crippen LogP contribution in [0.25, 0.3) is 0 Å². The van der Waals surface area contributed by atoms with Crippen LogP contribution in [0.15, 0.2) is 72.8 Å². The highest BCUT2D eigenvalue weighted by atomic mass is 32.2. The minimum absolute atomic E-state index is 0.0443. The number of piperidine rings is 1. The topological polar surface area (TPSA) is 57.7 Å². The lowest BCUT2D eigenvalue weighted by molar-refractivity contribution is 0.0320. The molecule has 3 saturated heterocycles. The van der Waals surface area contributed by atoms with Crippen LogP contribution in [0.2, 0.25) is 0 Å². The Hall–Kier alpha value is -3.22. The number of carbonyl (C=O) groups is 3. The summed E-state index contributed by atoms with van der Waals surface area (Å²) in [6, 6.07) is 23.6. The van der Waals surface area contributed by atoms with Crippen molar-refractivity contribution in [3.8, 4) is 0 Å². The van der Waals surface area contributed by atoms with Crippen LogP contribution in [0.4, 0.5) is 5.69 Å². The summed E-state index contributed by atoms with van der Waals surface area (Å²) in [5, 5.41) is 0. The van der Waals surface area contributed by atoms with Crippen molar-refractivity contribution >= 4 is 34.8 Å². The van der Waals surface area contributed by atoms with Gasteiger partial charge in [0, 0.05) is 59.1 Å². The Morgan fingerprint density at radius 2 is 1.36 bits per heavy atom. The summed E-state index contributed by atoms with van der Waals surface area (Å²) in [5.74, 6) is 0.683. The molecule has 0 radical (unpaired) electrons. The maximum Gasteiger partial charge on any atom is 0.192 e. The van der Waals surface area contributed by atoms with Crippen molar-refractivity contribution in [3.05, 3.63) is 101 Å². The predicted molar refractivity (Wildman–Crippen MR) is 153 cm³/mol. The lowest BCUT2D eigenvalue weighted by Crippen LogP contribution is -2.64. The Labute approximate surface area is 232 Å². The molecular weight excluding hydrogens is 504 g/mol. The molecule has 5 aliphatic rings. The van der Waals surface area contributed by atoms with Crippen molar-refractivity contribution in [2.45, 2.75) is 43.2 Å². The number of rotatable bonds is 2. The molecule has 5 nitrogen and oxygen atoms in total. The summed E-state index contributed by atoms with van der Waals surface area (Å²) < 4.78 is 0. The molecule has 2 spiro atoms. The first-order valence-corrected chi connectivity index (χ1v) is 15.3. The summed E-state index contributed by atoms with van der Waals surface area (Å²) in [6.45, 7) is 2.13. The van der Waals surface area contributed by atoms with E-state index in [9.17, 15) is 14.4 Å². The van der Waals surface area contributed by atoms with Gasteiger partial charge in [-0.25, -0.2) is 0 Å². The first-order valence-electron chi connectivity index (χ1n) is 14.1. The molecule has 0 saturated carbocycles. The fourth-order valence-corrected chi connectivity index (χ4v) is 9.84. The molecule has 3 aromatic carbocycles. The van der Waals surface area contributed by atoms with E-state index in [1.807, 2.05) is 36.4 Å². The molecule has 8 rings (SSSR count). The van der Waals surface area contributed by atoms with Gasteiger partial charge in [0.2, 0.25) is 0 Å². The molecule has 3 heterocycles. The maximum absolute atomic E-state index is 14.8. The fraction of sp³-hybridized carbons (Fsp3) is 0.364. The van der Waals surface area contributed by atoms with Crippen molar-refractivity contribution in [2.24, 2.45) is 5.41 Å². The van der Waals surface area contributed by atoms with Crippen LogP contribution in [0.1, 0.15) is 67.4 Å². The standard InChI is InChI=1S/C33H30N2O3S/c36-29-24-9-3-2-8-22(24)18-32(29)28(21-12-14-23(15-13-21)34-16-6-1-7-17-34)27-19-39-20-35(27)33(32)30(37)25-10-4-5-11-26(25)31(33)38/h2-5,8-15,27-28H,1,6-7,16-20H2. The number of benzene rings is 3. The van der Waals surface area contributed by atoms with Gasteiger partial charge in [-0.05, 0) is 48.9 Å². The number of thioether (sulfide) groups is 1. The van der Waals surface area contributed by atoms with Gasteiger partial charge in [-0.3, -0.25) is 19.3 Å². The zero-order chi connectivity index (χ0) is 26.4. The zero-order valence-corrected chi connectivity index (χ0v) is 22.6. The molecule has 0 amide bonds. The van der Waals surface area contributed by atoms with Gasteiger partial charge in [-0.2, -0.15) is 0 Å². The average Bonchev–Trinajstić information content (AvgIpc) is 3.69. The normalized spacial score (nSPS) is 28.9. The third kappa shape index (κ3) is 2.84. The smallest absolute Gasteiger partial charge is 0.192 e. The zero-order valence-electron chi connectivity index (χ0n) is 21.8. The molecule has 2 aliphatic carbocycles. The highest BCUT2D eigenvalue weighted by Crippen LogP contribution is 2.67. The van der Waals surface area contributed by atoms with Gasteiger partial charge in [-0.1, -0.05) is 60.7 Å². The number of fused-ring (bicyclic) bond motifs is 5. The van der Waals surface area contributed by atoms with Crippen LogP contribution in [0.3, 0.4) is 0 Å². The second-order valence-electron chi connectivity index (χ2n) is 11.7. The molecule has 3 aliphatic heterocycles. The van der Waals surface area contributed by atoms with Crippen LogP contribution in [0, 0.1) is 5.41 Å². The van der Waals surface area contributed by atoms with E-state index in [4.69, 9.17) is 0 Å². The second kappa shape index (κ2) is 8.39. The van der Waals surface area contributed by atoms with Crippen molar-refractivity contribution in [1.29, 1.82) is 0 Å². The molecule has 0 bridgehead atoms. The van der Waals surface area contributed by atoms with E-state index in [1.165, 1.54) is 24.9 Å². The van der Waals surface area contributed by atoms with Gasteiger partial charge in [0.1, 0.15) is 0 Å². The quantitative estimate of drug-likeness (QED) is 0.411. The van der Waals surface area contributed by atoms with Crippen LogP contribution in [-0.2, 0) is 6.42 Å². The van der Waals surface area contributed by atoms with E-state index in [0.717, 1.165) is 30.0 Å². The van der Waals surface area contributed by atoms with Crippen molar-refractivity contribution in [1.82, 2.24) is 4.90 Å². The van der Waals surface area contributed by atoms with Crippen molar-refractivity contribution in [2.75, 3.05) is 29.6 Å². The fourth-order valence-electron chi connectivity index (χ4n) is 8.54. The number of nitrogens with zero attached hydrogens (tertiary/aromatic N) is 2. The number of ketones is 3. The van der Waals surface area contributed by atoms with Gasteiger partial charge in [0.25, 0.3) is 0 Å². The molecule has 3 atom stereocenters. The second-order valence-corrected chi connectivity index (χ2v) is 12.7. The van der Waals surface area contributed by atoms with Gasteiger partial charge < -0.3 is 4.90 Å². The summed E-state index contributed by atoms with van der Waals surface area (Å²) >= 11 is 1.76. The minimum Gasteiger partial charge on any atom is -0.372 e. The third-order valence-electron chi connectivity index (χ3n) is 10.1. The van der Waals surface area contributed by atoms with E-state index < -0.39 is 11.0 Å². The van der Waals surface area contributed by atoms with Gasteiger partial charge in [-0.15, -0.1) is 11.8 Å². The number of Topliss-reactive ketones (excluding diaryl/α,β-unsaturated/α-hetero) is 3. The van der Waals surface area contributed by atoms with Crippen LogP contribution in [0.5, 0.6) is 0 Å².